The van der Waals surface area contributed by atoms with Crippen molar-refractivity contribution in [1.29, 1.82) is 0 Å². The second-order valence-electron chi connectivity index (χ2n) is 11.9. The van der Waals surface area contributed by atoms with Crippen LogP contribution in [0, 0.1) is 12.3 Å². The maximum atomic E-state index is 12.7. The molecule has 0 saturated carbocycles. The molecule has 3 atom stereocenters. The first-order valence-electron chi connectivity index (χ1n) is 14.2. The van der Waals surface area contributed by atoms with Gasteiger partial charge >= 0.3 is 5.97 Å². The molecule has 1 N–H and O–H groups in total. The van der Waals surface area contributed by atoms with E-state index < -0.39 is 11.4 Å². The Hall–Kier alpha value is -3.78. The van der Waals surface area contributed by atoms with E-state index in [1.165, 1.54) is 11.1 Å². The molecular formula is C32H37N5O3. The number of aliphatic carboxylic acids is 1. The standard InChI is InChI=1S/C32H37N5O3/c1-6-23-18-37(17-22-16-33-14-13-28(22)40-23)26-11-9-20-7-8-21(15-25(20)26)29(32(3,4)31(38)39)24-10-12-27-30(19(24)2)34-35-36(27)5/h7-8,10,12-16,23,26,29H,6,9,11,17-18H2,1-5H3,(H,38,39)/t23-,26+,29?/m1/s1. The summed E-state index contributed by atoms with van der Waals surface area (Å²) in [5.74, 6) is -0.258. The number of fused-ring (bicyclic) bond motifs is 3. The fourth-order valence-corrected chi connectivity index (χ4v) is 6.69. The van der Waals surface area contributed by atoms with Crippen LogP contribution in [0.15, 0.2) is 48.8 Å². The highest BCUT2D eigenvalue weighted by molar-refractivity contribution is 5.81. The number of carboxylic acids is 1. The lowest BCUT2D eigenvalue weighted by atomic mass is 9.69. The predicted molar refractivity (Wildman–Crippen MR) is 153 cm³/mol. The summed E-state index contributed by atoms with van der Waals surface area (Å²) in [6, 6.07) is 12.9. The molecule has 0 amide bonds. The number of benzene rings is 2. The molecule has 0 saturated heterocycles. The average Bonchev–Trinajstić information content (AvgIpc) is 3.47. The molecule has 0 bridgehead atoms. The van der Waals surface area contributed by atoms with Crippen LogP contribution < -0.4 is 4.74 Å². The molecule has 1 unspecified atom stereocenters. The summed E-state index contributed by atoms with van der Waals surface area (Å²) in [7, 11) is 1.87. The van der Waals surface area contributed by atoms with Gasteiger partial charge in [0.1, 0.15) is 17.4 Å². The highest BCUT2D eigenvalue weighted by Crippen LogP contribution is 2.46. The molecule has 8 nitrogen and oxygen atoms in total. The molecule has 0 fully saturated rings. The molecule has 2 aliphatic rings. The van der Waals surface area contributed by atoms with Crippen molar-refractivity contribution in [3.63, 3.8) is 0 Å². The van der Waals surface area contributed by atoms with E-state index in [-0.39, 0.29) is 18.1 Å². The van der Waals surface area contributed by atoms with E-state index in [0.29, 0.717) is 0 Å². The first-order valence-corrected chi connectivity index (χ1v) is 14.2. The minimum Gasteiger partial charge on any atom is -0.489 e. The Bertz CT molecular complexity index is 1590. The zero-order chi connectivity index (χ0) is 28.2. The molecule has 0 radical (unpaired) electrons. The highest BCUT2D eigenvalue weighted by Gasteiger charge is 2.41. The molecule has 4 aromatic rings. The van der Waals surface area contributed by atoms with E-state index in [1.807, 2.05) is 46.1 Å². The minimum absolute atomic E-state index is 0.107. The van der Waals surface area contributed by atoms with Crippen LogP contribution in [-0.2, 0) is 24.8 Å². The number of hydrogen-bond acceptors (Lipinski definition) is 6. The van der Waals surface area contributed by atoms with Crippen molar-refractivity contribution in [3.8, 4) is 5.75 Å². The Morgan fingerprint density at radius 1 is 1.20 bits per heavy atom. The summed E-state index contributed by atoms with van der Waals surface area (Å²) in [4.78, 5) is 19.6. The summed E-state index contributed by atoms with van der Waals surface area (Å²) >= 11 is 0. The van der Waals surface area contributed by atoms with Crippen molar-refractivity contribution in [2.24, 2.45) is 12.5 Å². The smallest absolute Gasteiger partial charge is 0.310 e. The van der Waals surface area contributed by atoms with Crippen LogP contribution >= 0.6 is 0 Å². The van der Waals surface area contributed by atoms with Crippen molar-refractivity contribution in [2.75, 3.05) is 6.54 Å². The number of carboxylic acid groups (broad SMARTS) is 1. The van der Waals surface area contributed by atoms with Gasteiger partial charge < -0.3 is 9.84 Å². The summed E-state index contributed by atoms with van der Waals surface area (Å²) in [6.45, 7) is 9.47. The van der Waals surface area contributed by atoms with Gasteiger partial charge in [0, 0.05) is 50.1 Å². The van der Waals surface area contributed by atoms with Crippen LogP contribution in [0.5, 0.6) is 5.75 Å². The van der Waals surface area contributed by atoms with E-state index in [9.17, 15) is 9.90 Å². The highest BCUT2D eigenvalue weighted by atomic mass is 16.5. The molecule has 0 spiro atoms. The normalized spacial score (nSPS) is 20.0. The van der Waals surface area contributed by atoms with Crippen molar-refractivity contribution >= 4 is 17.0 Å². The third kappa shape index (κ3) is 4.35. The molecule has 8 heteroatoms. The summed E-state index contributed by atoms with van der Waals surface area (Å²) in [5, 5.41) is 19.0. The molecule has 40 heavy (non-hydrogen) atoms. The van der Waals surface area contributed by atoms with Gasteiger partial charge in [-0.2, -0.15) is 0 Å². The van der Waals surface area contributed by atoms with E-state index in [0.717, 1.165) is 71.4 Å². The quantitative estimate of drug-likeness (QED) is 0.342. The number of aryl methyl sites for hydroxylation is 3. The van der Waals surface area contributed by atoms with Crippen LogP contribution in [-0.4, -0.2) is 48.6 Å². The number of carbonyl (C=O) groups is 1. The number of pyridine rings is 1. The topological polar surface area (TPSA) is 93.4 Å². The van der Waals surface area contributed by atoms with Crippen molar-refractivity contribution in [2.45, 2.75) is 71.6 Å². The second-order valence-corrected chi connectivity index (χ2v) is 11.9. The van der Waals surface area contributed by atoms with Crippen LogP contribution in [0.2, 0.25) is 0 Å². The molecule has 2 aromatic heterocycles. The second kappa shape index (κ2) is 10.0. The minimum atomic E-state index is -1.04. The SMILES string of the molecule is CC[C@@H]1CN([C@H]2CCc3ccc(C(c4ccc5c(nnn5C)c4C)C(C)(C)C(=O)O)cc32)Cc2cnccc2O1. The predicted octanol–water partition coefficient (Wildman–Crippen LogP) is 5.57. The van der Waals surface area contributed by atoms with Gasteiger partial charge in [0.05, 0.1) is 10.9 Å². The lowest BCUT2D eigenvalue weighted by molar-refractivity contribution is -0.147. The molecule has 2 aromatic carbocycles. The first-order chi connectivity index (χ1) is 19.2. The fourth-order valence-electron chi connectivity index (χ4n) is 6.69. The zero-order valence-corrected chi connectivity index (χ0v) is 23.9. The van der Waals surface area contributed by atoms with Gasteiger partial charge in [0.15, 0.2) is 0 Å². The molecule has 1 aliphatic heterocycles. The zero-order valence-electron chi connectivity index (χ0n) is 23.9. The van der Waals surface area contributed by atoms with Crippen LogP contribution in [0.3, 0.4) is 0 Å². The third-order valence-electron chi connectivity index (χ3n) is 9.07. The number of rotatable bonds is 6. The largest absolute Gasteiger partial charge is 0.489 e. The van der Waals surface area contributed by atoms with Crippen LogP contribution in [0.25, 0.3) is 11.0 Å². The van der Waals surface area contributed by atoms with Crippen molar-refractivity contribution in [3.05, 3.63) is 82.2 Å². The molecule has 6 rings (SSSR count). The number of hydrogen-bond donors (Lipinski definition) is 1. The molecule has 3 heterocycles. The van der Waals surface area contributed by atoms with E-state index in [4.69, 9.17) is 4.74 Å². The Balaban J connectivity index is 1.44. The van der Waals surface area contributed by atoms with Gasteiger partial charge in [0.25, 0.3) is 0 Å². The molecule has 1 aliphatic carbocycles. The number of nitrogens with zero attached hydrogens (tertiary/aromatic N) is 5. The van der Waals surface area contributed by atoms with Gasteiger partial charge in [-0.15, -0.1) is 5.10 Å². The Morgan fingerprint density at radius 2 is 2.02 bits per heavy atom. The van der Waals surface area contributed by atoms with Crippen LogP contribution in [0.1, 0.15) is 79.0 Å². The number of ether oxygens (including phenoxy) is 1. The van der Waals surface area contributed by atoms with Gasteiger partial charge in [-0.1, -0.05) is 36.4 Å². The van der Waals surface area contributed by atoms with Gasteiger partial charge in [-0.05, 0) is 80.0 Å². The van der Waals surface area contributed by atoms with Gasteiger partial charge in [-0.25, -0.2) is 4.68 Å². The number of aromatic nitrogens is 4. The van der Waals surface area contributed by atoms with Crippen LogP contribution in [0.4, 0.5) is 0 Å². The Morgan fingerprint density at radius 3 is 2.80 bits per heavy atom. The van der Waals surface area contributed by atoms with Crippen molar-refractivity contribution < 1.29 is 14.6 Å². The van der Waals surface area contributed by atoms with Gasteiger partial charge in [-0.3, -0.25) is 14.7 Å². The molecule has 208 valence electrons. The van der Waals surface area contributed by atoms with E-state index >= 15 is 0 Å². The van der Waals surface area contributed by atoms with Crippen molar-refractivity contribution in [1.82, 2.24) is 24.9 Å². The summed E-state index contributed by atoms with van der Waals surface area (Å²) < 4.78 is 8.12. The summed E-state index contributed by atoms with van der Waals surface area (Å²) in [6.07, 6.45) is 6.79. The van der Waals surface area contributed by atoms with Gasteiger partial charge in [0.2, 0.25) is 0 Å². The first kappa shape index (κ1) is 26.4. The summed E-state index contributed by atoms with van der Waals surface area (Å²) in [5.41, 5.74) is 7.42. The molecular weight excluding hydrogens is 502 g/mol. The average molecular weight is 540 g/mol. The maximum Gasteiger partial charge on any atom is 0.310 e. The Kier molecular flexibility index (Phi) is 6.61. The maximum absolute atomic E-state index is 12.7. The monoisotopic (exact) mass is 539 g/mol. The lowest BCUT2D eigenvalue weighted by Gasteiger charge is -2.34. The Labute approximate surface area is 235 Å². The fraction of sp³-hybridized carbons (Fsp3) is 0.438. The third-order valence-corrected chi connectivity index (χ3v) is 9.07. The van der Waals surface area contributed by atoms with E-state index in [1.54, 1.807) is 10.9 Å². The lowest BCUT2D eigenvalue weighted by Crippen LogP contribution is -2.35. The van der Waals surface area contributed by atoms with E-state index in [2.05, 4.69) is 51.4 Å².